The molecule has 4 aromatic rings. The molecule has 0 aliphatic rings. The molecule has 0 aliphatic carbocycles. The summed E-state index contributed by atoms with van der Waals surface area (Å²) in [5.41, 5.74) is 3.10. The lowest BCUT2D eigenvalue weighted by Gasteiger charge is -2.20. The van der Waals surface area contributed by atoms with Crippen LogP contribution < -0.4 is 5.32 Å². The smallest absolute Gasteiger partial charge is 0.243 e. The van der Waals surface area contributed by atoms with Crippen LogP contribution in [0, 0.1) is 6.92 Å². The third kappa shape index (κ3) is 4.63. The van der Waals surface area contributed by atoms with Crippen molar-refractivity contribution in [2.45, 2.75) is 25.3 Å². The van der Waals surface area contributed by atoms with Crippen molar-refractivity contribution in [2.75, 3.05) is 0 Å². The maximum Gasteiger partial charge on any atom is 0.243 e. The van der Waals surface area contributed by atoms with Crippen molar-refractivity contribution >= 4 is 5.91 Å². The highest BCUT2D eigenvalue weighted by Crippen LogP contribution is 2.29. The van der Waals surface area contributed by atoms with Crippen molar-refractivity contribution < 1.29 is 9.21 Å². The largest absolute Gasteiger partial charge is 0.423 e. The average molecular weight is 397 g/mol. The van der Waals surface area contributed by atoms with E-state index < -0.39 is 6.04 Å². The van der Waals surface area contributed by atoms with Crippen LogP contribution >= 0.6 is 0 Å². The second kappa shape index (κ2) is 9.18. The first-order chi connectivity index (χ1) is 14.7. The van der Waals surface area contributed by atoms with Gasteiger partial charge in [-0.05, 0) is 16.7 Å². The highest BCUT2D eigenvalue weighted by molar-refractivity contribution is 5.78. The molecular formula is C25H23N3O2. The van der Waals surface area contributed by atoms with E-state index >= 15 is 0 Å². The molecule has 1 atom stereocenters. The van der Waals surface area contributed by atoms with E-state index in [4.69, 9.17) is 4.42 Å². The Hall–Kier alpha value is -3.73. The lowest BCUT2D eigenvalue weighted by atomic mass is 9.88. The van der Waals surface area contributed by atoms with E-state index in [0.717, 1.165) is 16.7 Å². The first-order valence-electron chi connectivity index (χ1n) is 9.95. The summed E-state index contributed by atoms with van der Waals surface area (Å²) in [6.45, 7) is 1.74. The number of amides is 1. The number of nitrogens with zero attached hydrogens (tertiary/aromatic N) is 2. The Balaban J connectivity index is 1.60. The Morgan fingerprint density at radius 2 is 1.30 bits per heavy atom. The van der Waals surface area contributed by atoms with Crippen molar-refractivity contribution in [3.05, 3.63) is 119 Å². The number of hydrogen-bond donors (Lipinski definition) is 1. The van der Waals surface area contributed by atoms with Gasteiger partial charge in [-0.15, -0.1) is 10.2 Å². The minimum absolute atomic E-state index is 0.0479. The zero-order valence-corrected chi connectivity index (χ0v) is 16.7. The molecule has 30 heavy (non-hydrogen) atoms. The monoisotopic (exact) mass is 397 g/mol. The van der Waals surface area contributed by atoms with Gasteiger partial charge in [-0.1, -0.05) is 91.0 Å². The van der Waals surface area contributed by atoms with Crippen molar-refractivity contribution in [3.63, 3.8) is 0 Å². The van der Waals surface area contributed by atoms with E-state index in [1.807, 2.05) is 66.7 Å². The summed E-state index contributed by atoms with van der Waals surface area (Å²) in [5.74, 6) is 0.709. The van der Waals surface area contributed by atoms with Gasteiger partial charge < -0.3 is 9.73 Å². The SMILES string of the molecule is Cc1nnc(C(NC(=O)CC(c2ccccc2)c2ccccc2)c2ccccc2)o1. The normalized spacial score (nSPS) is 11.9. The second-order valence-electron chi connectivity index (χ2n) is 7.15. The lowest BCUT2D eigenvalue weighted by molar-refractivity contribution is -0.122. The highest BCUT2D eigenvalue weighted by Gasteiger charge is 2.25. The summed E-state index contributed by atoms with van der Waals surface area (Å²) in [7, 11) is 0. The van der Waals surface area contributed by atoms with E-state index in [1.165, 1.54) is 0 Å². The zero-order chi connectivity index (χ0) is 20.8. The van der Waals surface area contributed by atoms with Crippen molar-refractivity contribution in [1.29, 1.82) is 0 Å². The Bertz CT molecular complexity index is 1040. The molecule has 3 aromatic carbocycles. The van der Waals surface area contributed by atoms with Crippen LogP contribution in [-0.2, 0) is 4.79 Å². The minimum Gasteiger partial charge on any atom is -0.423 e. The number of carbonyl (C=O) groups is 1. The Labute approximate surface area is 175 Å². The molecule has 1 N–H and O–H groups in total. The van der Waals surface area contributed by atoms with Crippen LogP contribution in [-0.4, -0.2) is 16.1 Å². The van der Waals surface area contributed by atoms with E-state index in [1.54, 1.807) is 6.92 Å². The molecular weight excluding hydrogens is 374 g/mol. The van der Waals surface area contributed by atoms with E-state index in [9.17, 15) is 4.79 Å². The highest BCUT2D eigenvalue weighted by atomic mass is 16.4. The van der Waals surface area contributed by atoms with Gasteiger partial charge >= 0.3 is 0 Å². The van der Waals surface area contributed by atoms with Crippen LogP contribution in [0.1, 0.15) is 46.9 Å². The van der Waals surface area contributed by atoms with Gasteiger partial charge in [-0.25, -0.2) is 0 Å². The standard InChI is InChI=1S/C25H23N3O2/c1-18-27-28-25(30-18)24(21-15-9-4-10-16-21)26-23(29)17-22(19-11-5-2-6-12-19)20-13-7-3-8-14-20/h2-16,22,24H,17H2,1H3,(H,26,29). The number of benzene rings is 3. The van der Waals surface area contributed by atoms with Gasteiger partial charge in [0, 0.05) is 19.3 Å². The molecule has 0 saturated heterocycles. The summed E-state index contributed by atoms with van der Waals surface area (Å²) in [6.07, 6.45) is 0.310. The van der Waals surface area contributed by atoms with Gasteiger partial charge in [0.05, 0.1) is 0 Å². The summed E-state index contributed by atoms with van der Waals surface area (Å²) < 4.78 is 5.64. The van der Waals surface area contributed by atoms with Gasteiger partial charge in [0.25, 0.3) is 0 Å². The second-order valence-corrected chi connectivity index (χ2v) is 7.15. The maximum atomic E-state index is 13.2. The molecule has 0 aliphatic heterocycles. The molecule has 0 saturated carbocycles. The average Bonchev–Trinajstić information content (AvgIpc) is 3.23. The van der Waals surface area contributed by atoms with E-state index in [-0.39, 0.29) is 11.8 Å². The molecule has 1 heterocycles. The minimum atomic E-state index is -0.493. The molecule has 0 spiro atoms. The third-order valence-electron chi connectivity index (χ3n) is 5.02. The number of rotatable bonds is 7. The summed E-state index contributed by atoms with van der Waals surface area (Å²) in [6, 6.07) is 29.3. The predicted octanol–water partition coefficient (Wildman–Crippen LogP) is 4.81. The third-order valence-corrected chi connectivity index (χ3v) is 5.02. The van der Waals surface area contributed by atoms with Crippen molar-refractivity contribution in [1.82, 2.24) is 15.5 Å². The zero-order valence-electron chi connectivity index (χ0n) is 16.7. The number of nitrogens with one attached hydrogen (secondary N) is 1. The quantitative estimate of drug-likeness (QED) is 0.486. The first-order valence-corrected chi connectivity index (χ1v) is 9.95. The molecule has 5 nitrogen and oxygen atoms in total. The first kappa shape index (κ1) is 19.6. The molecule has 0 fully saturated rings. The van der Waals surface area contributed by atoms with E-state index in [2.05, 4.69) is 39.8 Å². The molecule has 5 heteroatoms. The number of aryl methyl sites for hydroxylation is 1. The Morgan fingerprint density at radius 3 is 1.77 bits per heavy atom. The summed E-state index contributed by atoms with van der Waals surface area (Å²) >= 11 is 0. The molecule has 1 amide bonds. The van der Waals surface area contributed by atoms with Gasteiger partial charge in [-0.2, -0.15) is 0 Å². The number of hydrogen-bond acceptors (Lipinski definition) is 4. The Morgan fingerprint density at radius 1 is 0.800 bits per heavy atom. The van der Waals surface area contributed by atoms with E-state index in [0.29, 0.717) is 18.2 Å². The van der Waals surface area contributed by atoms with Crippen LogP contribution in [0.2, 0.25) is 0 Å². The van der Waals surface area contributed by atoms with Gasteiger partial charge in [0.1, 0.15) is 6.04 Å². The van der Waals surface area contributed by atoms with Gasteiger partial charge in [0.2, 0.25) is 17.7 Å². The summed E-state index contributed by atoms with van der Waals surface area (Å²) in [4.78, 5) is 13.2. The topological polar surface area (TPSA) is 68.0 Å². The van der Waals surface area contributed by atoms with Crippen molar-refractivity contribution in [2.24, 2.45) is 0 Å². The Kier molecular flexibility index (Phi) is 5.99. The molecule has 1 aromatic heterocycles. The fourth-order valence-corrected chi connectivity index (χ4v) is 3.57. The van der Waals surface area contributed by atoms with Crippen LogP contribution in [0.25, 0.3) is 0 Å². The number of carbonyl (C=O) groups excluding carboxylic acids is 1. The molecule has 0 radical (unpaired) electrons. The van der Waals surface area contributed by atoms with Crippen LogP contribution in [0.3, 0.4) is 0 Å². The lowest BCUT2D eigenvalue weighted by Crippen LogP contribution is -2.30. The van der Waals surface area contributed by atoms with Gasteiger partial charge in [0.15, 0.2) is 0 Å². The molecule has 0 bridgehead atoms. The van der Waals surface area contributed by atoms with Crippen molar-refractivity contribution in [3.8, 4) is 0 Å². The fraction of sp³-hybridized carbons (Fsp3) is 0.160. The maximum absolute atomic E-state index is 13.2. The molecule has 1 unspecified atom stereocenters. The number of aromatic nitrogens is 2. The summed E-state index contributed by atoms with van der Waals surface area (Å²) in [5, 5.41) is 11.2. The fourth-order valence-electron chi connectivity index (χ4n) is 3.57. The van der Waals surface area contributed by atoms with Crippen LogP contribution in [0.4, 0.5) is 0 Å². The van der Waals surface area contributed by atoms with Crippen LogP contribution in [0.15, 0.2) is 95.4 Å². The molecule has 4 rings (SSSR count). The molecule has 150 valence electrons. The van der Waals surface area contributed by atoms with Gasteiger partial charge in [-0.3, -0.25) is 4.79 Å². The van der Waals surface area contributed by atoms with Crippen LogP contribution in [0.5, 0.6) is 0 Å². The predicted molar refractivity (Wildman–Crippen MR) is 115 cm³/mol.